The van der Waals surface area contributed by atoms with E-state index in [2.05, 4.69) is 16.7 Å². The fraction of sp³-hybridized carbons (Fsp3) is 0.438. The van der Waals surface area contributed by atoms with Gasteiger partial charge in [0.05, 0.1) is 0 Å². The predicted molar refractivity (Wildman–Crippen MR) is 77.8 cm³/mol. The average Bonchev–Trinajstić information content (AvgIpc) is 2.92. The lowest BCUT2D eigenvalue weighted by Gasteiger charge is -2.15. The zero-order chi connectivity index (χ0) is 13.8. The van der Waals surface area contributed by atoms with Crippen molar-refractivity contribution >= 4 is 5.91 Å². The third-order valence-corrected chi connectivity index (χ3v) is 3.84. The molecular weight excluding hydrogens is 252 g/mol. The summed E-state index contributed by atoms with van der Waals surface area (Å²) in [6.45, 7) is 2.69. The minimum Gasteiger partial charge on any atom is -0.480 e. The number of ether oxygens (including phenoxy) is 1. The molecule has 20 heavy (non-hydrogen) atoms. The Labute approximate surface area is 119 Å². The topological polar surface area (TPSA) is 50.4 Å². The van der Waals surface area contributed by atoms with E-state index in [-0.39, 0.29) is 12.0 Å². The Bertz CT molecular complexity index is 500. The largest absolute Gasteiger partial charge is 0.480 e. The van der Waals surface area contributed by atoms with Gasteiger partial charge >= 0.3 is 0 Å². The van der Waals surface area contributed by atoms with E-state index in [4.69, 9.17) is 4.74 Å². The van der Waals surface area contributed by atoms with Crippen molar-refractivity contribution < 1.29 is 9.53 Å². The van der Waals surface area contributed by atoms with E-state index in [1.807, 2.05) is 24.3 Å². The maximum atomic E-state index is 12.1. The van der Waals surface area contributed by atoms with E-state index in [1.54, 1.807) is 0 Å². The van der Waals surface area contributed by atoms with Crippen LogP contribution < -0.4 is 15.4 Å². The molecule has 0 saturated carbocycles. The number of fused-ring (bicyclic) bond motifs is 1. The fourth-order valence-electron chi connectivity index (χ4n) is 2.69. The van der Waals surface area contributed by atoms with E-state index >= 15 is 0 Å². The molecule has 1 atom stereocenters. The Morgan fingerprint density at radius 2 is 2.30 bits per heavy atom. The molecule has 1 unspecified atom stereocenters. The van der Waals surface area contributed by atoms with Crippen molar-refractivity contribution in [1.29, 1.82) is 0 Å². The van der Waals surface area contributed by atoms with Crippen molar-refractivity contribution in [1.82, 2.24) is 10.6 Å². The highest BCUT2D eigenvalue weighted by molar-refractivity contribution is 5.82. The molecule has 0 spiro atoms. The number of nitrogens with one attached hydrogen (secondary N) is 2. The minimum atomic E-state index is -0.366. The van der Waals surface area contributed by atoms with Crippen LogP contribution in [0, 0.1) is 0 Å². The molecule has 0 aliphatic carbocycles. The third kappa shape index (κ3) is 3.02. The molecule has 0 radical (unpaired) electrons. The van der Waals surface area contributed by atoms with Gasteiger partial charge in [-0.25, -0.2) is 0 Å². The number of hydrogen-bond donors (Lipinski definition) is 2. The van der Waals surface area contributed by atoms with Crippen LogP contribution in [-0.2, 0) is 11.2 Å². The molecule has 4 nitrogen and oxygen atoms in total. The molecule has 2 aliphatic rings. The summed E-state index contributed by atoms with van der Waals surface area (Å²) in [5.74, 6) is 0.837. The molecule has 106 valence electrons. The van der Waals surface area contributed by atoms with Gasteiger partial charge in [-0.05, 0) is 31.0 Å². The Morgan fingerprint density at radius 1 is 1.40 bits per heavy atom. The second-order valence-corrected chi connectivity index (χ2v) is 5.28. The van der Waals surface area contributed by atoms with Crippen LogP contribution in [0.15, 0.2) is 35.9 Å². The summed E-state index contributed by atoms with van der Waals surface area (Å²) in [5, 5.41) is 6.27. The number of benzene rings is 1. The summed E-state index contributed by atoms with van der Waals surface area (Å²) in [6.07, 6.45) is 4.55. The van der Waals surface area contributed by atoms with E-state index in [1.165, 1.54) is 5.57 Å². The van der Waals surface area contributed by atoms with Gasteiger partial charge in [-0.2, -0.15) is 0 Å². The van der Waals surface area contributed by atoms with Crippen molar-refractivity contribution in [3.8, 4) is 5.75 Å². The summed E-state index contributed by atoms with van der Waals surface area (Å²) in [6, 6.07) is 7.85. The Balaban J connectivity index is 1.45. The summed E-state index contributed by atoms with van der Waals surface area (Å²) in [4.78, 5) is 12.1. The minimum absolute atomic E-state index is 0.00395. The normalized spacial score (nSPS) is 20.8. The number of para-hydroxylation sites is 1. The van der Waals surface area contributed by atoms with Crippen LogP contribution in [0.1, 0.15) is 18.4 Å². The van der Waals surface area contributed by atoms with Crippen molar-refractivity contribution in [2.24, 2.45) is 0 Å². The van der Waals surface area contributed by atoms with Crippen LogP contribution in [-0.4, -0.2) is 31.6 Å². The van der Waals surface area contributed by atoms with E-state index < -0.39 is 0 Å². The summed E-state index contributed by atoms with van der Waals surface area (Å²) >= 11 is 0. The van der Waals surface area contributed by atoms with Gasteiger partial charge < -0.3 is 15.4 Å². The predicted octanol–water partition coefficient (Wildman–Crippen LogP) is 1.42. The van der Waals surface area contributed by atoms with E-state index in [0.717, 1.165) is 37.2 Å². The first kappa shape index (κ1) is 13.2. The number of carbonyl (C=O) groups is 1. The number of hydrogen-bond acceptors (Lipinski definition) is 3. The first-order valence-corrected chi connectivity index (χ1v) is 7.24. The molecule has 0 aromatic heterocycles. The lowest BCUT2D eigenvalue weighted by Crippen LogP contribution is -2.38. The smallest absolute Gasteiger partial charge is 0.261 e. The van der Waals surface area contributed by atoms with Crippen molar-refractivity contribution in [2.75, 3.05) is 19.6 Å². The molecule has 1 aromatic carbocycles. The van der Waals surface area contributed by atoms with Crippen molar-refractivity contribution in [3.05, 3.63) is 41.5 Å². The van der Waals surface area contributed by atoms with Gasteiger partial charge in [-0.15, -0.1) is 0 Å². The standard InChI is InChI=1S/C16H20N2O2/c19-16(18-10-7-12-5-8-17-9-6-12)15-11-13-3-1-2-4-14(13)20-15/h1-5,15,17H,6-11H2,(H,18,19). The van der Waals surface area contributed by atoms with Gasteiger partial charge in [0.2, 0.25) is 0 Å². The molecule has 1 aromatic rings. The van der Waals surface area contributed by atoms with Gasteiger partial charge in [-0.3, -0.25) is 4.79 Å². The molecule has 0 bridgehead atoms. The second-order valence-electron chi connectivity index (χ2n) is 5.28. The maximum Gasteiger partial charge on any atom is 0.261 e. The third-order valence-electron chi connectivity index (χ3n) is 3.84. The maximum absolute atomic E-state index is 12.1. The number of rotatable bonds is 4. The first-order valence-electron chi connectivity index (χ1n) is 7.24. The Morgan fingerprint density at radius 3 is 3.10 bits per heavy atom. The van der Waals surface area contributed by atoms with E-state index in [0.29, 0.717) is 13.0 Å². The van der Waals surface area contributed by atoms with Crippen LogP contribution in [0.2, 0.25) is 0 Å². The van der Waals surface area contributed by atoms with Gasteiger partial charge in [-0.1, -0.05) is 29.8 Å². The van der Waals surface area contributed by atoms with Crippen LogP contribution in [0.4, 0.5) is 0 Å². The molecule has 4 heteroatoms. The van der Waals surface area contributed by atoms with Gasteiger partial charge in [0.15, 0.2) is 6.10 Å². The molecular formula is C16H20N2O2. The molecule has 2 aliphatic heterocycles. The van der Waals surface area contributed by atoms with Crippen LogP contribution >= 0.6 is 0 Å². The summed E-state index contributed by atoms with van der Waals surface area (Å²) in [5.41, 5.74) is 2.55. The molecule has 1 amide bonds. The van der Waals surface area contributed by atoms with Gasteiger partial charge in [0, 0.05) is 19.5 Å². The van der Waals surface area contributed by atoms with Gasteiger partial charge in [0.1, 0.15) is 5.75 Å². The SMILES string of the molecule is O=C(NCCC1=CCNCC1)C1Cc2ccccc2O1. The quantitative estimate of drug-likeness (QED) is 0.815. The second kappa shape index (κ2) is 6.09. The lowest BCUT2D eigenvalue weighted by molar-refractivity contribution is -0.127. The highest BCUT2D eigenvalue weighted by Gasteiger charge is 2.28. The highest BCUT2D eigenvalue weighted by Crippen LogP contribution is 2.28. The molecule has 0 saturated heterocycles. The Kier molecular flexibility index (Phi) is 4.02. The summed E-state index contributed by atoms with van der Waals surface area (Å²) in [7, 11) is 0. The van der Waals surface area contributed by atoms with Gasteiger partial charge in [0.25, 0.3) is 5.91 Å². The molecule has 2 N–H and O–H groups in total. The van der Waals surface area contributed by atoms with Crippen LogP contribution in [0.5, 0.6) is 5.75 Å². The molecule has 0 fully saturated rings. The van der Waals surface area contributed by atoms with Crippen molar-refractivity contribution in [3.63, 3.8) is 0 Å². The highest BCUT2D eigenvalue weighted by atomic mass is 16.5. The average molecular weight is 272 g/mol. The zero-order valence-corrected chi connectivity index (χ0v) is 11.5. The lowest BCUT2D eigenvalue weighted by atomic mass is 10.1. The molecule has 2 heterocycles. The summed E-state index contributed by atoms with van der Waals surface area (Å²) < 4.78 is 5.67. The molecule has 3 rings (SSSR count). The van der Waals surface area contributed by atoms with Crippen LogP contribution in [0.3, 0.4) is 0 Å². The Hall–Kier alpha value is -1.81. The number of amides is 1. The van der Waals surface area contributed by atoms with Crippen LogP contribution in [0.25, 0.3) is 0 Å². The van der Waals surface area contributed by atoms with Crippen molar-refractivity contribution in [2.45, 2.75) is 25.4 Å². The monoisotopic (exact) mass is 272 g/mol. The fourth-order valence-corrected chi connectivity index (χ4v) is 2.69. The van der Waals surface area contributed by atoms with E-state index in [9.17, 15) is 4.79 Å². The number of carbonyl (C=O) groups excluding carboxylic acids is 1. The first-order chi connectivity index (χ1) is 9.83. The zero-order valence-electron chi connectivity index (χ0n) is 11.5.